The summed E-state index contributed by atoms with van der Waals surface area (Å²) in [6, 6.07) is 20.6. The van der Waals surface area contributed by atoms with Crippen LogP contribution in [-0.2, 0) is 9.59 Å². The molecule has 0 bridgehead atoms. The van der Waals surface area contributed by atoms with Crippen LogP contribution in [0, 0.1) is 0 Å². The van der Waals surface area contributed by atoms with Crippen LogP contribution in [-0.4, -0.2) is 23.3 Å². The van der Waals surface area contributed by atoms with Crippen molar-refractivity contribution in [1.29, 1.82) is 0 Å². The lowest BCUT2D eigenvalue weighted by molar-refractivity contribution is -0.114. The molecule has 0 spiro atoms. The van der Waals surface area contributed by atoms with Gasteiger partial charge in [-0.3, -0.25) is 9.59 Å². The molecular formula is C20H17ClN2O2S. The second-order valence-electron chi connectivity index (χ2n) is 5.66. The minimum atomic E-state index is -0.157. The molecule has 3 aromatic rings. The van der Waals surface area contributed by atoms with Crippen LogP contribution in [0.4, 0.5) is 11.4 Å². The first-order valence-corrected chi connectivity index (χ1v) is 9.55. The lowest BCUT2D eigenvalue weighted by atomic mass is 10.1. The number of hydrogen-bond donors (Lipinski definition) is 2. The molecule has 0 aliphatic carbocycles. The lowest BCUT2D eigenvalue weighted by Gasteiger charge is -2.07. The van der Waals surface area contributed by atoms with Crippen molar-refractivity contribution in [1.82, 2.24) is 0 Å². The monoisotopic (exact) mass is 384 g/mol. The van der Waals surface area contributed by atoms with E-state index in [9.17, 15) is 9.59 Å². The van der Waals surface area contributed by atoms with Crippen molar-refractivity contribution in [2.24, 2.45) is 0 Å². The first kappa shape index (κ1) is 18.3. The van der Waals surface area contributed by atoms with Crippen molar-refractivity contribution in [3.8, 4) is 0 Å². The summed E-state index contributed by atoms with van der Waals surface area (Å²) in [5.41, 5.74) is 1.43. The fourth-order valence-corrected chi connectivity index (χ4v) is 3.17. The summed E-state index contributed by atoms with van der Waals surface area (Å²) in [5, 5.41) is 8.43. The molecule has 0 saturated carbocycles. The van der Waals surface area contributed by atoms with Crippen LogP contribution < -0.4 is 10.6 Å². The number of benzene rings is 3. The third-order valence-electron chi connectivity index (χ3n) is 3.63. The molecule has 0 heterocycles. The molecule has 3 rings (SSSR count). The van der Waals surface area contributed by atoms with E-state index in [4.69, 9.17) is 11.6 Å². The third kappa shape index (κ3) is 5.25. The topological polar surface area (TPSA) is 58.2 Å². The van der Waals surface area contributed by atoms with E-state index in [0.717, 1.165) is 16.5 Å². The third-order valence-corrected chi connectivity index (χ3v) is 4.81. The molecule has 132 valence electrons. The molecule has 0 fully saturated rings. The van der Waals surface area contributed by atoms with E-state index in [-0.39, 0.29) is 23.3 Å². The molecular weight excluding hydrogens is 368 g/mol. The minimum absolute atomic E-state index is 0.135. The molecule has 0 radical (unpaired) electrons. The number of halogens is 1. The predicted octanol–water partition coefficient (Wildman–Crippen LogP) is 4.80. The number of anilines is 2. The zero-order valence-corrected chi connectivity index (χ0v) is 15.4. The Kier molecular flexibility index (Phi) is 6.15. The number of nitrogens with one attached hydrogen (secondary N) is 2. The molecule has 0 atom stereocenters. The van der Waals surface area contributed by atoms with Gasteiger partial charge >= 0.3 is 0 Å². The number of rotatable bonds is 6. The Balaban J connectivity index is 1.44. The van der Waals surface area contributed by atoms with Gasteiger partial charge in [-0.15, -0.1) is 11.8 Å². The SMILES string of the molecule is O=C(CSCC(=O)Nc1ccc2ccccc2c1)Nc1ccc(Cl)cc1. The van der Waals surface area contributed by atoms with Crippen LogP contribution >= 0.6 is 23.4 Å². The number of hydrogen-bond acceptors (Lipinski definition) is 3. The van der Waals surface area contributed by atoms with E-state index in [1.54, 1.807) is 24.3 Å². The molecule has 3 aromatic carbocycles. The fraction of sp³-hybridized carbons (Fsp3) is 0.100. The van der Waals surface area contributed by atoms with Gasteiger partial charge in [-0.25, -0.2) is 0 Å². The summed E-state index contributed by atoms with van der Waals surface area (Å²) in [4.78, 5) is 23.9. The van der Waals surface area contributed by atoms with E-state index in [0.29, 0.717) is 10.7 Å². The molecule has 0 aliphatic rings. The number of carbonyl (C=O) groups excluding carboxylic acids is 2. The van der Waals surface area contributed by atoms with Crippen molar-refractivity contribution in [2.75, 3.05) is 22.1 Å². The largest absolute Gasteiger partial charge is 0.325 e. The average Bonchev–Trinajstić information content (AvgIpc) is 2.63. The van der Waals surface area contributed by atoms with Crippen molar-refractivity contribution in [2.45, 2.75) is 0 Å². The zero-order valence-electron chi connectivity index (χ0n) is 13.9. The van der Waals surface area contributed by atoms with Crippen LogP contribution in [0.15, 0.2) is 66.7 Å². The fourth-order valence-electron chi connectivity index (χ4n) is 2.43. The van der Waals surface area contributed by atoms with Crippen LogP contribution in [0.3, 0.4) is 0 Å². The summed E-state index contributed by atoms with van der Waals surface area (Å²) in [5.74, 6) is 0.120. The maximum Gasteiger partial charge on any atom is 0.234 e. The van der Waals surface area contributed by atoms with Gasteiger partial charge in [-0.1, -0.05) is 41.9 Å². The van der Waals surface area contributed by atoms with E-state index in [1.165, 1.54) is 11.8 Å². The quantitative estimate of drug-likeness (QED) is 0.641. The first-order chi connectivity index (χ1) is 12.6. The highest BCUT2D eigenvalue weighted by Gasteiger charge is 2.07. The summed E-state index contributed by atoms with van der Waals surface area (Å²) in [7, 11) is 0. The Bertz CT molecular complexity index is 929. The summed E-state index contributed by atoms with van der Waals surface area (Å²) < 4.78 is 0. The molecule has 26 heavy (non-hydrogen) atoms. The van der Waals surface area contributed by atoms with Crippen LogP contribution in [0.2, 0.25) is 5.02 Å². The highest BCUT2D eigenvalue weighted by atomic mass is 35.5. The average molecular weight is 385 g/mol. The van der Waals surface area contributed by atoms with Crippen LogP contribution in [0.5, 0.6) is 0 Å². The molecule has 0 aliphatic heterocycles. The van der Waals surface area contributed by atoms with Crippen LogP contribution in [0.25, 0.3) is 10.8 Å². The molecule has 0 saturated heterocycles. The molecule has 0 unspecified atom stereocenters. The smallest absolute Gasteiger partial charge is 0.234 e. The maximum absolute atomic E-state index is 12.0. The lowest BCUT2D eigenvalue weighted by Crippen LogP contribution is -2.18. The van der Waals surface area contributed by atoms with E-state index >= 15 is 0 Å². The van der Waals surface area contributed by atoms with E-state index < -0.39 is 0 Å². The van der Waals surface area contributed by atoms with E-state index in [2.05, 4.69) is 10.6 Å². The Labute approximate surface area is 160 Å². The summed E-state index contributed by atoms with van der Waals surface area (Å²) >= 11 is 7.07. The Morgan fingerprint density at radius 1 is 0.769 bits per heavy atom. The van der Waals surface area contributed by atoms with Crippen molar-refractivity contribution in [3.63, 3.8) is 0 Å². The molecule has 2 amide bonds. The van der Waals surface area contributed by atoms with Crippen molar-refractivity contribution >= 4 is 57.3 Å². The number of carbonyl (C=O) groups is 2. The highest BCUT2D eigenvalue weighted by molar-refractivity contribution is 8.00. The zero-order chi connectivity index (χ0) is 18.4. The number of amides is 2. The van der Waals surface area contributed by atoms with Gasteiger partial charge in [0.2, 0.25) is 11.8 Å². The van der Waals surface area contributed by atoms with Gasteiger partial charge in [0.15, 0.2) is 0 Å². The van der Waals surface area contributed by atoms with Gasteiger partial charge in [-0.2, -0.15) is 0 Å². The summed E-state index contributed by atoms with van der Waals surface area (Å²) in [6.07, 6.45) is 0. The Morgan fingerprint density at radius 2 is 1.35 bits per heavy atom. The van der Waals surface area contributed by atoms with Crippen molar-refractivity contribution < 1.29 is 9.59 Å². The van der Waals surface area contributed by atoms with Crippen molar-refractivity contribution in [3.05, 3.63) is 71.8 Å². The molecule has 4 nitrogen and oxygen atoms in total. The van der Waals surface area contributed by atoms with Gasteiger partial charge in [0.05, 0.1) is 11.5 Å². The standard InChI is InChI=1S/C20H17ClN2O2S/c21-16-6-9-17(10-7-16)22-19(24)12-26-13-20(25)23-18-8-5-14-3-1-2-4-15(14)11-18/h1-11H,12-13H2,(H,22,24)(H,23,25). The minimum Gasteiger partial charge on any atom is -0.325 e. The summed E-state index contributed by atoms with van der Waals surface area (Å²) in [6.45, 7) is 0. The maximum atomic E-state index is 12.0. The van der Waals surface area contributed by atoms with Gasteiger partial charge in [0.1, 0.15) is 0 Å². The Hall–Kier alpha value is -2.50. The Morgan fingerprint density at radius 3 is 2.04 bits per heavy atom. The van der Waals surface area contributed by atoms with Gasteiger partial charge in [-0.05, 0) is 47.2 Å². The number of thioether (sulfide) groups is 1. The van der Waals surface area contributed by atoms with Gasteiger partial charge in [0.25, 0.3) is 0 Å². The normalized spacial score (nSPS) is 10.5. The van der Waals surface area contributed by atoms with E-state index in [1.807, 2.05) is 42.5 Å². The molecule has 0 aromatic heterocycles. The second-order valence-corrected chi connectivity index (χ2v) is 7.08. The second kappa shape index (κ2) is 8.74. The highest BCUT2D eigenvalue weighted by Crippen LogP contribution is 2.19. The van der Waals surface area contributed by atoms with Crippen LogP contribution in [0.1, 0.15) is 0 Å². The first-order valence-electron chi connectivity index (χ1n) is 8.02. The molecule has 6 heteroatoms. The van der Waals surface area contributed by atoms with Gasteiger partial charge in [0, 0.05) is 16.4 Å². The number of fused-ring (bicyclic) bond motifs is 1. The van der Waals surface area contributed by atoms with Gasteiger partial charge < -0.3 is 10.6 Å². The molecule has 2 N–H and O–H groups in total. The predicted molar refractivity (Wildman–Crippen MR) is 110 cm³/mol.